The Balaban J connectivity index is 0.990. The Kier molecular flexibility index (Phi) is 8.11. The van der Waals surface area contributed by atoms with Gasteiger partial charge in [-0.05, 0) is 124 Å². The number of benzene rings is 2. The Morgan fingerprint density at radius 2 is 1.83 bits per heavy atom. The molecule has 2 atom stereocenters. The van der Waals surface area contributed by atoms with Crippen LogP contribution in [-0.2, 0) is 24.2 Å². The topological polar surface area (TPSA) is 102 Å². The van der Waals surface area contributed by atoms with Crippen LogP contribution >= 0.6 is 27.3 Å². The van der Waals surface area contributed by atoms with Crippen molar-refractivity contribution in [2.75, 3.05) is 16.8 Å². The lowest BCUT2D eigenvalue weighted by atomic mass is 9.49. The van der Waals surface area contributed by atoms with Gasteiger partial charge in [0.1, 0.15) is 11.4 Å². The molecule has 1 N–H and O–H groups in total. The highest BCUT2D eigenvalue weighted by molar-refractivity contribution is 9.10. The van der Waals surface area contributed by atoms with Crippen LogP contribution in [-0.4, -0.2) is 48.1 Å². The number of carbonyl (C=O) groups is 2. The van der Waals surface area contributed by atoms with Crippen molar-refractivity contribution in [3.05, 3.63) is 89.4 Å². The van der Waals surface area contributed by atoms with Gasteiger partial charge in [-0.1, -0.05) is 51.5 Å². The number of ether oxygens (including phenoxy) is 1. The molecular weight excluding hydrogens is 736 g/mol. The highest BCUT2D eigenvalue weighted by Gasteiger charge is 2.56. The average molecular weight is 780 g/mol. The van der Waals surface area contributed by atoms with Crippen molar-refractivity contribution in [2.45, 2.75) is 88.7 Å². The summed E-state index contributed by atoms with van der Waals surface area (Å²) in [7, 11) is 0. The normalized spacial score (nSPS) is 25.0. The predicted octanol–water partition coefficient (Wildman–Crippen LogP) is 9.06. The van der Waals surface area contributed by atoms with Gasteiger partial charge >= 0.3 is 5.97 Å². The molecule has 4 aliphatic carbocycles. The molecule has 5 aliphatic rings. The molecule has 5 aromatic rings. The van der Waals surface area contributed by atoms with E-state index in [2.05, 4.69) is 48.1 Å². The number of hydrogen-bond donors (Lipinski definition) is 1. The van der Waals surface area contributed by atoms with Gasteiger partial charge < -0.3 is 9.64 Å². The molecule has 0 spiro atoms. The van der Waals surface area contributed by atoms with E-state index >= 15 is 0 Å². The lowest BCUT2D eigenvalue weighted by Crippen LogP contribution is -2.54. The number of thiazole rings is 1. The summed E-state index contributed by atoms with van der Waals surface area (Å²) in [4.78, 5) is 39.2. The fourth-order valence-corrected chi connectivity index (χ4v) is 12.2. The Labute approximate surface area is 316 Å². The van der Waals surface area contributed by atoms with E-state index in [1.165, 1.54) is 49.9 Å². The van der Waals surface area contributed by atoms with E-state index in [4.69, 9.17) is 14.8 Å². The molecule has 3 aromatic heterocycles. The smallest absolute Gasteiger partial charge is 0.358 e. The largest absolute Gasteiger partial charge is 0.455 e. The third-order valence-corrected chi connectivity index (χ3v) is 13.3. The van der Waals surface area contributed by atoms with Crippen LogP contribution in [0, 0.1) is 17.3 Å². The predicted molar refractivity (Wildman–Crippen MR) is 208 cm³/mol. The maximum atomic E-state index is 13.8. The summed E-state index contributed by atoms with van der Waals surface area (Å²) in [5.41, 5.74) is 4.98. The van der Waals surface area contributed by atoms with Crippen LogP contribution in [0.15, 0.2) is 67.0 Å². The number of anilines is 2. The molecule has 9 nitrogen and oxygen atoms in total. The monoisotopic (exact) mass is 778 g/mol. The molecule has 268 valence electrons. The van der Waals surface area contributed by atoms with E-state index in [-0.39, 0.29) is 21.3 Å². The summed E-state index contributed by atoms with van der Waals surface area (Å²) in [5, 5.41) is 8.45. The molecule has 4 bridgehead atoms. The van der Waals surface area contributed by atoms with Gasteiger partial charge in [0.05, 0.1) is 16.4 Å². The highest BCUT2D eigenvalue weighted by Crippen LogP contribution is 2.64. The van der Waals surface area contributed by atoms with Crippen LogP contribution in [0.1, 0.15) is 91.3 Å². The number of nitrogens with one attached hydrogen (secondary N) is 1. The number of pyridine rings is 1. The molecule has 4 saturated carbocycles. The Bertz CT molecular complexity index is 2170. The first-order valence-corrected chi connectivity index (χ1v) is 20.0. The van der Waals surface area contributed by atoms with Gasteiger partial charge in [0.15, 0.2) is 10.8 Å². The number of aromatic nitrogens is 4. The molecule has 2 unspecified atom stereocenters. The molecule has 0 radical (unpaired) electrons. The molecular formula is C41H43BrN6O3S. The molecule has 4 heterocycles. The number of nitrogens with zero attached hydrogens (tertiary/aromatic N) is 5. The van der Waals surface area contributed by atoms with Crippen LogP contribution in [0.2, 0.25) is 0 Å². The summed E-state index contributed by atoms with van der Waals surface area (Å²) in [5.74, 6) is 1.62. The number of halogens is 1. The minimum absolute atomic E-state index is 0.188. The zero-order valence-electron chi connectivity index (χ0n) is 29.8. The molecule has 10 rings (SSSR count). The van der Waals surface area contributed by atoms with Gasteiger partial charge in [0.2, 0.25) is 0 Å². The lowest BCUT2D eigenvalue weighted by molar-refractivity contribution is -0.0468. The van der Waals surface area contributed by atoms with Crippen molar-refractivity contribution in [3.8, 4) is 11.1 Å². The van der Waals surface area contributed by atoms with E-state index < -0.39 is 11.6 Å². The van der Waals surface area contributed by atoms with Crippen LogP contribution in [0.3, 0.4) is 0 Å². The van der Waals surface area contributed by atoms with Gasteiger partial charge in [-0.15, -0.1) is 0 Å². The molecule has 11 heteroatoms. The first kappa shape index (κ1) is 33.7. The third kappa shape index (κ3) is 6.44. The van der Waals surface area contributed by atoms with E-state index in [0.717, 1.165) is 51.7 Å². The Morgan fingerprint density at radius 3 is 2.60 bits per heavy atom. The quantitative estimate of drug-likeness (QED) is 0.130. The van der Waals surface area contributed by atoms with Crippen LogP contribution in [0.4, 0.5) is 10.9 Å². The number of alkyl halides is 1. The summed E-state index contributed by atoms with van der Waals surface area (Å²) < 4.78 is 9.31. The second-order valence-corrected chi connectivity index (χ2v) is 19.4. The van der Waals surface area contributed by atoms with Crippen molar-refractivity contribution in [2.24, 2.45) is 17.3 Å². The lowest BCUT2D eigenvalue weighted by Gasteiger charge is -2.60. The van der Waals surface area contributed by atoms with Crippen LogP contribution in [0.5, 0.6) is 0 Å². The fourth-order valence-electron chi connectivity index (χ4n) is 9.87. The standard InChI is InChI=1S/C41H43BrN6O3S/c1-39(2,3)51-37(50)35-29(28-20-43-48(21-28)24-40-16-25-15-26(17-40)19-41(42,18-25)23-40)11-12-34(45-35)47-14-13-27-7-6-8-30(31(27)22-47)36(49)46-38-44-32-9-4-5-10-33(32)52-38/h4-12,20-21,25-26H,13-19,22-24H2,1-3H3,(H,44,46,49). The molecule has 0 saturated heterocycles. The minimum atomic E-state index is -0.685. The Morgan fingerprint density at radius 1 is 1.02 bits per heavy atom. The highest BCUT2D eigenvalue weighted by atomic mass is 79.9. The van der Waals surface area contributed by atoms with Crippen molar-refractivity contribution < 1.29 is 14.3 Å². The second-order valence-electron chi connectivity index (χ2n) is 16.7. The fraction of sp³-hybridized carbons (Fsp3) is 0.439. The average Bonchev–Trinajstić information content (AvgIpc) is 3.71. The van der Waals surface area contributed by atoms with E-state index in [9.17, 15) is 9.59 Å². The van der Waals surface area contributed by atoms with Gasteiger partial charge in [-0.2, -0.15) is 5.10 Å². The van der Waals surface area contributed by atoms with Gasteiger partial charge in [-0.25, -0.2) is 14.8 Å². The second kappa shape index (κ2) is 12.5. The van der Waals surface area contributed by atoms with Crippen LogP contribution in [0.25, 0.3) is 21.3 Å². The summed E-state index contributed by atoms with van der Waals surface area (Å²) in [6.07, 6.45) is 12.4. The zero-order valence-corrected chi connectivity index (χ0v) is 32.2. The summed E-state index contributed by atoms with van der Waals surface area (Å²) >= 11 is 5.62. The summed E-state index contributed by atoms with van der Waals surface area (Å²) in [6, 6.07) is 17.7. The van der Waals surface area contributed by atoms with E-state index in [1.807, 2.05) is 75.5 Å². The number of para-hydroxylation sites is 1. The molecule has 1 aliphatic heterocycles. The zero-order chi connectivity index (χ0) is 35.8. The van der Waals surface area contributed by atoms with E-state index in [0.29, 0.717) is 35.2 Å². The van der Waals surface area contributed by atoms with E-state index in [1.54, 1.807) is 0 Å². The maximum Gasteiger partial charge on any atom is 0.358 e. The number of amides is 1. The van der Waals surface area contributed by atoms with Gasteiger partial charge in [0.25, 0.3) is 5.91 Å². The van der Waals surface area contributed by atoms with Crippen LogP contribution < -0.4 is 10.2 Å². The number of carbonyl (C=O) groups excluding carboxylic acids is 2. The molecule has 1 amide bonds. The number of fused-ring (bicyclic) bond motifs is 2. The first-order chi connectivity index (χ1) is 24.9. The summed E-state index contributed by atoms with van der Waals surface area (Å²) in [6.45, 7) is 7.69. The van der Waals surface area contributed by atoms with Crippen molar-refractivity contribution in [1.29, 1.82) is 0 Å². The van der Waals surface area contributed by atoms with Crippen molar-refractivity contribution in [3.63, 3.8) is 0 Å². The van der Waals surface area contributed by atoms with Gasteiger partial charge in [-0.3, -0.25) is 14.8 Å². The SMILES string of the molecule is CC(C)(C)OC(=O)c1nc(N2CCc3cccc(C(=O)Nc4nc5ccccc5s4)c3C2)ccc1-c1cnn(CC23CC4CC(CC(Br)(C4)C2)C3)c1. The maximum absolute atomic E-state index is 13.8. The Hall–Kier alpha value is -4.09. The number of rotatable bonds is 7. The first-order valence-electron chi connectivity index (χ1n) is 18.4. The molecule has 52 heavy (non-hydrogen) atoms. The molecule has 2 aromatic carbocycles. The number of hydrogen-bond acceptors (Lipinski definition) is 8. The molecule has 4 fully saturated rings. The number of esters is 1. The van der Waals surface area contributed by atoms with Crippen molar-refractivity contribution in [1.82, 2.24) is 19.7 Å². The minimum Gasteiger partial charge on any atom is -0.455 e. The van der Waals surface area contributed by atoms with Crippen molar-refractivity contribution >= 4 is 60.3 Å². The third-order valence-electron chi connectivity index (χ3n) is 11.4. The van der Waals surface area contributed by atoms with Gasteiger partial charge in [0, 0.05) is 46.8 Å².